The molecule has 1 atom stereocenters. The van der Waals surface area contributed by atoms with Crippen LogP contribution in [0.25, 0.3) is 0 Å². The van der Waals surface area contributed by atoms with Gasteiger partial charge in [-0.05, 0) is 81.2 Å². The SMILES string of the molecule is Cc1ccc([C@H](NC(=O)C2CCN(S(=O)(=O)c3ccc(C)c(C)c3)CC2)C2CC2)cc1. The fourth-order valence-corrected chi connectivity index (χ4v) is 5.88. The molecule has 0 aromatic heterocycles. The summed E-state index contributed by atoms with van der Waals surface area (Å²) in [4.78, 5) is 13.3. The quantitative estimate of drug-likeness (QED) is 0.729. The van der Waals surface area contributed by atoms with E-state index in [1.54, 1.807) is 12.1 Å². The lowest BCUT2D eigenvalue weighted by molar-refractivity contribution is -0.127. The highest BCUT2D eigenvalue weighted by Gasteiger charge is 2.37. The number of piperidine rings is 1. The first-order valence-corrected chi connectivity index (χ1v) is 12.6. The van der Waals surface area contributed by atoms with Crippen LogP contribution in [0.5, 0.6) is 0 Å². The van der Waals surface area contributed by atoms with Crippen molar-refractivity contribution in [1.29, 1.82) is 0 Å². The lowest BCUT2D eigenvalue weighted by Gasteiger charge is -2.31. The molecule has 1 saturated heterocycles. The van der Waals surface area contributed by atoms with E-state index in [-0.39, 0.29) is 17.9 Å². The molecule has 2 aliphatic rings. The molecular weight excluding hydrogens is 408 g/mol. The lowest BCUT2D eigenvalue weighted by atomic mass is 9.95. The highest BCUT2D eigenvalue weighted by Crippen LogP contribution is 2.41. The third-order valence-electron chi connectivity index (χ3n) is 6.77. The number of hydrogen-bond acceptors (Lipinski definition) is 3. The van der Waals surface area contributed by atoms with Crippen LogP contribution in [-0.2, 0) is 14.8 Å². The zero-order valence-electron chi connectivity index (χ0n) is 18.6. The Kier molecular flexibility index (Phi) is 6.22. The zero-order chi connectivity index (χ0) is 22.2. The van der Waals surface area contributed by atoms with Gasteiger partial charge in [-0.1, -0.05) is 35.9 Å². The molecule has 1 N–H and O–H groups in total. The molecule has 1 saturated carbocycles. The number of amides is 1. The Labute approximate surface area is 185 Å². The van der Waals surface area contributed by atoms with Crippen molar-refractivity contribution in [1.82, 2.24) is 9.62 Å². The molecule has 5 nitrogen and oxygen atoms in total. The van der Waals surface area contributed by atoms with E-state index in [1.165, 1.54) is 9.87 Å². The van der Waals surface area contributed by atoms with Crippen LogP contribution in [0.3, 0.4) is 0 Å². The van der Waals surface area contributed by atoms with Crippen LogP contribution in [0.1, 0.15) is 54.0 Å². The summed E-state index contributed by atoms with van der Waals surface area (Å²) < 4.78 is 27.6. The van der Waals surface area contributed by atoms with Crippen molar-refractivity contribution in [2.75, 3.05) is 13.1 Å². The second-order valence-electron chi connectivity index (χ2n) is 9.16. The van der Waals surface area contributed by atoms with Crippen molar-refractivity contribution in [3.8, 4) is 0 Å². The first-order chi connectivity index (χ1) is 14.8. The minimum atomic E-state index is -3.52. The van der Waals surface area contributed by atoms with Crippen molar-refractivity contribution < 1.29 is 13.2 Å². The summed E-state index contributed by atoms with van der Waals surface area (Å²) in [5, 5.41) is 3.28. The number of carbonyl (C=O) groups is 1. The van der Waals surface area contributed by atoms with Gasteiger partial charge in [0.25, 0.3) is 0 Å². The van der Waals surface area contributed by atoms with E-state index in [0.29, 0.717) is 36.7 Å². The molecule has 1 aliphatic heterocycles. The van der Waals surface area contributed by atoms with Gasteiger partial charge in [-0.25, -0.2) is 8.42 Å². The number of sulfonamides is 1. The Hall–Kier alpha value is -2.18. The van der Waals surface area contributed by atoms with Gasteiger partial charge in [0.15, 0.2) is 0 Å². The van der Waals surface area contributed by atoms with E-state index >= 15 is 0 Å². The topological polar surface area (TPSA) is 66.5 Å². The predicted octanol–water partition coefficient (Wildman–Crippen LogP) is 4.28. The molecule has 2 fully saturated rings. The summed E-state index contributed by atoms with van der Waals surface area (Å²) in [5.41, 5.74) is 4.42. The minimum Gasteiger partial charge on any atom is -0.349 e. The molecule has 6 heteroatoms. The monoisotopic (exact) mass is 440 g/mol. The normalized spacial score (nSPS) is 19.2. The third-order valence-corrected chi connectivity index (χ3v) is 8.66. The molecule has 0 bridgehead atoms. The second-order valence-corrected chi connectivity index (χ2v) is 11.1. The number of rotatable bonds is 6. The molecule has 1 aliphatic carbocycles. The van der Waals surface area contributed by atoms with Crippen LogP contribution >= 0.6 is 0 Å². The Morgan fingerprint density at radius 2 is 1.58 bits per heavy atom. The number of nitrogens with zero attached hydrogens (tertiary/aromatic N) is 1. The van der Waals surface area contributed by atoms with Crippen molar-refractivity contribution in [3.63, 3.8) is 0 Å². The molecule has 1 amide bonds. The van der Waals surface area contributed by atoms with E-state index in [2.05, 4.69) is 36.5 Å². The van der Waals surface area contributed by atoms with E-state index in [0.717, 1.165) is 29.5 Å². The van der Waals surface area contributed by atoms with Gasteiger partial charge in [0.2, 0.25) is 15.9 Å². The van der Waals surface area contributed by atoms with E-state index in [4.69, 9.17) is 0 Å². The first-order valence-electron chi connectivity index (χ1n) is 11.2. The Bertz CT molecular complexity index is 1050. The molecule has 4 rings (SSSR count). The van der Waals surface area contributed by atoms with Crippen LogP contribution in [0, 0.1) is 32.6 Å². The molecule has 1 heterocycles. The number of hydrogen-bond donors (Lipinski definition) is 1. The summed E-state index contributed by atoms with van der Waals surface area (Å²) >= 11 is 0. The standard InChI is InChI=1S/C25H32N2O3S/c1-17-4-7-20(8-5-17)24(21-9-10-21)26-25(28)22-12-14-27(15-13-22)31(29,30)23-11-6-18(2)19(3)16-23/h4-8,11,16,21-22,24H,9-10,12-15H2,1-3H3,(H,26,28)/t24-/m0/s1. The Morgan fingerprint density at radius 3 is 2.16 bits per heavy atom. The van der Waals surface area contributed by atoms with Crippen LogP contribution in [-0.4, -0.2) is 31.7 Å². The molecule has 2 aromatic rings. The lowest BCUT2D eigenvalue weighted by Crippen LogP contribution is -2.44. The average Bonchev–Trinajstić information content (AvgIpc) is 3.60. The fourth-order valence-electron chi connectivity index (χ4n) is 4.33. The predicted molar refractivity (Wildman–Crippen MR) is 122 cm³/mol. The fraction of sp³-hybridized carbons (Fsp3) is 0.480. The van der Waals surface area contributed by atoms with Gasteiger partial charge >= 0.3 is 0 Å². The average molecular weight is 441 g/mol. The second kappa shape index (κ2) is 8.75. The van der Waals surface area contributed by atoms with Gasteiger partial charge in [-0.15, -0.1) is 0 Å². The smallest absolute Gasteiger partial charge is 0.243 e. The number of nitrogens with one attached hydrogen (secondary N) is 1. The molecule has 2 aromatic carbocycles. The zero-order valence-corrected chi connectivity index (χ0v) is 19.4. The third kappa shape index (κ3) is 4.85. The van der Waals surface area contributed by atoms with Crippen LogP contribution < -0.4 is 5.32 Å². The van der Waals surface area contributed by atoms with E-state index in [1.807, 2.05) is 19.9 Å². The Balaban J connectivity index is 1.39. The summed E-state index contributed by atoms with van der Waals surface area (Å²) in [5.74, 6) is 0.426. The van der Waals surface area contributed by atoms with Crippen molar-refractivity contribution in [2.24, 2.45) is 11.8 Å². The number of benzene rings is 2. The summed E-state index contributed by atoms with van der Waals surface area (Å²) in [6, 6.07) is 13.7. The van der Waals surface area contributed by atoms with Gasteiger partial charge in [-0.2, -0.15) is 4.31 Å². The number of carbonyl (C=O) groups excluding carboxylic acids is 1. The minimum absolute atomic E-state index is 0.0562. The van der Waals surface area contributed by atoms with Crippen molar-refractivity contribution >= 4 is 15.9 Å². The van der Waals surface area contributed by atoms with Gasteiger partial charge in [-0.3, -0.25) is 4.79 Å². The molecule has 0 unspecified atom stereocenters. The molecule has 31 heavy (non-hydrogen) atoms. The van der Waals surface area contributed by atoms with E-state index in [9.17, 15) is 13.2 Å². The number of aryl methyl sites for hydroxylation is 3. The van der Waals surface area contributed by atoms with Gasteiger partial charge in [0.1, 0.15) is 0 Å². The summed E-state index contributed by atoms with van der Waals surface area (Å²) in [6.45, 7) is 6.72. The molecular formula is C25H32N2O3S. The van der Waals surface area contributed by atoms with Crippen LogP contribution in [0.2, 0.25) is 0 Å². The van der Waals surface area contributed by atoms with Crippen LogP contribution in [0.4, 0.5) is 0 Å². The largest absolute Gasteiger partial charge is 0.349 e. The van der Waals surface area contributed by atoms with Gasteiger partial charge < -0.3 is 5.32 Å². The van der Waals surface area contributed by atoms with Crippen LogP contribution in [0.15, 0.2) is 47.4 Å². The molecule has 0 radical (unpaired) electrons. The highest BCUT2D eigenvalue weighted by atomic mass is 32.2. The highest BCUT2D eigenvalue weighted by molar-refractivity contribution is 7.89. The summed E-state index contributed by atoms with van der Waals surface area (Å²) in [6.07, 6.45) is 3.40. The van der Waals surface area contributed by atoms with Gasteiger partial charge in [0.05, 0.1) is 10.9 Å². The van der Waals surface area contributed by atoms with Crippen molar-refractivity contribution in [2.45, 2.75) is 57.4 Å². The summed E-state index contributed by atoms with van der Waals surface area (Å²) in [7, 11) is -3.52. The van der Waals surface area contributed by atoms with E-state index < -0.39 is 10.0 Å². The van der Waals surface area contributed by atoms with Crippen molar-refractivity contribution in [3.05, 3.63) is 64.7 Å². The Morgan fingerprint density at radius 1 is 0.935 bits per heavy atom. The first kappa shape index (κ1) is 22.0. The maximum atomic E-state index is 13.0. The molecule has 0 spiro atoms. The molecule has 166 valence electrons. The maximum Gasteiger partial charge on any atom is 0.243 e. The maximum absolute atomic E-state index is 13.0. The van der Waals surface area contributed by atoms with Gasteiger partial charge in [0, 0.05) is 19.0 Å².